The zero-order chi connectivity index (χ0) is 27.8. The normalized spacial score (nSPS) is 19.4. The molecule has 2 aromatic rings. The summed E-state index contributed by atoms with van der Waals surface area (Å²) in [5.41, 5.74) is 8.89. The second-order valence-electron chi connectivity index (χ2n) is 10.9. The highest BCUT2D eigenvalue weighted by atomic mass is 16.5. The molecule has 3 atom stereocenters. The van der Waals surface area contributed by atoms with Gasteiger partial charge in [-0.25, -0.2) is 0 Å². The number of methoxy groups -OCH3 is 1. The summed E-state index contributed by atoms with van der Waals surface area (Å²) in [5.74, 6) is -0.727. The number of carbonyl (C=O) groups is 3. The van der Waals surface area contributed by atoms with E-state index in [1.165, 1.54) is 0 Å². The summed E-state index contributed by atoms with van der Waals surface area (Å²) < 4.78 is 5.27. The van der Waals surface area contributed by atoms with Crippen molar-refractivity contribution in [2.45, 2.75) is 64.0 Å². The highest BCUT2D eigenvalue weighted by Crippen LogP contribution is 2.36. The average Bonchev–Trinajstić information content (AvgIpc) is 3.08. The van der Waals surface area contributed by atoms with Crippen LogP contribution < -0.4 is 15.8 Å². The number of carbonyl (C=O) groups excluding carboxylic acids is 3. The molecule has 4 rings (SSSR count). The summed E-state index contributed by atoms with van der Waals surface area (Å²) in [6.07, 6.45) is 8.22. The van der Waals surface area contributed by atoms with E-state index in [4.69, 9.17) is 10.5 Å². The summed E-state index contributed by atoms with van der Waals surface area (Å²) in [5, 5.41) is 3.04. The summed E-state index contributed by atoms with van der Waals surface area (Å²) in [6, 6.07) is 15.5. The maximum atomic E-state index is 13.6. The quantitative estimate of drug-likeness (QED) is 0.383. The van der Waals surface area contributed by atoms with Crippen LogP contribution in [0.2, 0.25) is 0 Å². The number of nitrogens with zero attached hydrogens (tertiary/aromatic N) is 1. The molecular formula is C32H41N3O4. The monoisotopic (exact) mass is 531 g/mol. The van der Waals surface area contributed by atoms with Crippen LogP contribution in [-0.2, 0) is 20.9 Å². The molecule has 0 bridgehead atoms. The highest BCUT2D eigenvalue weighted by molar-refractivity contribution is 5.91. The van der Waals surface area contributed by atoms with Crippen molar-refractivity contribution in [1.82, 2.24) is 10.2 Å². The van der Waals surface area contributed by atoms with Gasteiger partial charge in [0.25, 0.3) is 0 Å². The highest BCUT2D eigenvalue weighted by Gasteiger charge is 2.37. The van der Waals surface area contributed by atoms with Gasteiger partial charge in [-0.05, 0) is 72.9 Å². The Morgan fingerprint density at radius 3 is 2.49 bits per heavy atom. The standard InChI is InChI=1S/C32H41N3O4/c1-3-8-27(30(33)36)28(20-22-9-6-10-22)31(37)34-29-13-4-5-18-35(32(29)38)21-23-11-7-12-25(19-23)24-14-16-26(39-2)17-15-24/h3,7,11-12,14-17,19,22,27-29H,1,4-6,8-10,13,18,20-21H2,2H3,(H2,33,36)(H,34,37)/t27?,28?,29-/m0/s1. The first-order chi connectivity index (χ1) is 18.9. The van der Waals surface area contributed by atoms with E-state index in [2.05, 4.69) is 24.0 Å². The van der Waals surface area contributed by atoms with Crippen molar-refractivity contribution in [3.8, 4) is 16.9 Å². The van der Waals surface area contributed by atoms with Gasteiger partial charge in [0.15, 0.2) is 0 Å². The Hall–Kier alpha value is -3.61. The summed E-state index contributed by atoms with van der Waals surface area (Å²) in [4.78, 5) is 41.3. The van der Waals surface area contributed by atoms with Crippen LogP contribution in [0.25, 0.3) is 11.1 Å². The summed E-state index contributed by atoms with van der Waals surface area (Å²) in [7, 11) is 1.65. The smallest absolute Gasteiger partial charge is 0.245 e. The number of ether oxygens (including phenoxy) is 1. The van der Waals surface area contributed by atoms with Crippen LogP contribution in [0.3, 0.4) is 0 Å². The molecule has 39 heavy (non-hydrogen) atoms. The lowest BCUT2D eigenvalue weighted by molar-refractivity contribution is -0.139. The molecule has 3 amide bonds. The summed E-state index contributed by atoms with van der Waals surface area (Å²) in [6.45, 7) is 4.87. The molecule has 1 aliphatic heterocycles. The number of allylic oxidation sites excluding steroid dienone is 1. The van der Waals surface area contributed by atoms with E-state index in [-0.39, 0.29) is 11.8 Å². The van der Waals surface area contributed by atoms with E-state index in [1.807, 2.05) is 41.3 Å². The van der Waals surface area contributed by atoms with Crippen molar-refractivity contribution >= 4 is 17.7 Å². The minimum absolute atomic E-state index is 0.0718. The fourth-order valence-electron chi connectivity index (χ4n) is 5.73. The maximum absolute atomic E-state index is 13.6. The molecule has 7 heteroatoms. The molecule has 7 nitrogen and oxygen atoms in total. The lowest BCUT2D eigenvalue weighted by Crippen LogP contribution is -2.51. The van der Waals surface area contributed by atoms with Crippen molar-refractivity contribution < 1.29 is 19.1 Å². The van der Waals surface area contributed by atoms with Crippen LogP contribution in [-0.4, -0.2) is 42.3 Å². The van der Waals surface area contributed by atoms with Crippen molar-refractivity contribution in [3.05, 3.63) is 66.7 Å². The molecule has 1 saturated carbocycles. The zero-order valence-electron chi connectivity index (χ0n) is 22.9. The van der Waals surface area contributed by atoms with E-state index in [9.17, 15) is 14.4 Å². The number of amides is 3. The zero-order valence-corrected chi connectivity index (χ0v) is 22.9. The predicted molar refractivity (Wildman–Crippen MR) is 153 cm³/mol. The maximum Gasteiger partial charge on any atom is 0.245 e. The molecule has 208 valence electrons. The van der Waals surface area contributed by atoms with Crippen LogP contribution in [0.1, 0.15) is 56.9 Å². The number of likely N-dealkylation sites (tertiary alicyclic amines) is 1. The van der Waals surface area contributed by atoms with Gasteiger partial charge >= 0.3 is 0 Å². The Bertz CT molecular complexity index is 1160. The van der Waals surface area contributed by atoms with E-state index >= 15 is 0 Å². The lowest BCUT2D eigenvalue weighted by atomic mass is 9.74. The number of rotatable bonds is 12. The van der Waals surface area contributed by atoms with Crippen molar-refractivity contribution in [2.75, 3.05) is 13.7 Å². The Balaban J connectivity index is 1.46. The molecule has 0 radical (unpaired) electrons. The largest absolute Gasteiger partial charge is 0.497 e. The molecule has 2 fully saturated rings. The molecule has 3 N–H and O–H groups in total. The SMILES string of the molecule is C=CCC(C(N)=O)C(CC1CCC1)C(=O)N[C@H]1CCCCN(Cc2cccc(-c3ccc(OC)cc3)c2)C1=O. The van der Waals surface area contributed by atoms with Crippen molar-refractivity contribution in [1.29, 1.82) is 0 Å². The molecule has 1 aliphatic carbocycles. The minimum Gasteiger partial charge on any atom is -0.497 e. The third-order valence-corrected chi connectivity index (χ3v) is 8.24. The van der Waals surface area contributed by atoms with Gasteiger partial charge in [0.05, 0.1) is 18.9 Å². The Morgan fingerprint density at radius 2 is 1.85 bits per heavy atom. The number of primary amides is 1. The van der Waals surface area contributed by atoms with Crippen LogP contribution in [0.4, 0.5) is 0 Å². The van der Waals surface area contributed by atoms with Crippen LogP contribution in [0.5, 0.6) is 5.75 Å². The number of nitrogens with one attached hydrogen (secondary N) is 1. The second kappa shape index (κ2) is 13.5. The van der Waals surface area contributed by atoms with Gasteiger partial charge in [-0.3, -0.25) is 14.4 Å². The van der Waals surface area contributed by atoms with E-state index in [1.54, 1.807) is 13.2 Å². The van der Waals surface area contributed by atoms with Gasteiger partial charge in [-0.15, -0.1) is 6.58 Å². The lowest BCUT2D eigenvalue weighted by Gasteiger charge is -2.33. The Morgan fingerprint density at radius 1 is 1.08 bits per heavy atom. The van der Waals surface area contributed by atoms with Gasteiger partial charge in [0, 0.05) is 13.1 Å². The fourth-order valence-corrected chi connectivity index (χ4v) is 5.73. The molecule has 0 aromatic heterocycles. The predicted octanol–water partition coefficient (Wildman–Crippen LogP) is 4.84. The molecule has 1 saturated heterocycles. The van der Waals surface area contributed by atoms with Crippen LogP contribution in [0, 0.1) is 17.8 Å². The van der Waals surface area contributed by atoms with Gasteiger partial charge in [-0.2, -0.15) is 0 Å². The first-order valence-corrected chi connectivity index (χ1v) is 14.1. The minimum atomic E-state index is -0.610. The molecule has 0 spiro atoms. The van der Waals surface area contributed by atoms with Gasteiger partial charge < -0.3 is 20.7 Å². The van der Waals surface area contributed by atoms with Crippen LogP contribution in [0.15, 0.2) is 61.2 Å². The van der Waals surface area contributed by atoms with E-state index in [0.29, 0.717) is 38.3 Å². The first-order valence-electron chi connectivity index (χ1n) is 14.1. The molecule has 1 heterocycles. The van der Waals surface area contributed by atoms with E-state index < -0.39 is 23.8 Å². The third-order valence-electron chi connectivity index (χ3n) is 8.24. The first kappa shape index (κ1) is 28.4. The Kier molecular flexibility index (Phi) is 9.79. The number of hydrogen-bond donors (Lipinski definition) is 2. The topological polar surface area (TPSA) is 102 Å². The number of benzene rings is 2. The fraction of sp³-hybridized carbons (Fsp3) is 0.469. The van der Waals surface area contributed by atoms with Crippen molar-refractivity contribution in [2.24, 2.45) is 23.5 Å². The summed E-state index contributed by atoms with van der Waals surface area (Å²) >= 11 is 0. The molecular weight excluding hydrogens is 490 g/mol. The van der Waals surface area contributed by atoms with Gasteiger partial charge in [0.1, 0.15) is 11.8 Å². The molecule has 2 unspecified atom stereocenters. The Labute approximate surface area is 231 Å². The van der Waals surface area contributed by atoms with Crippen molar-refractivity contribution in [3.63, 3.8) is 0 Å². The second-order valence-corrected chi connectivity index (χ2v) is 10.9. The number of hydrogen-bond acceptors (Lipinski definition) is 4. The van der Waals surface area contributed by atoms with Gasteiger partial charge in [-0.1, -0.05) is 55.7 Å². The van der Waals surface area contributed by atoms with Gasteiger partial charge in [0.2, 0.25) is 17.7 Å². The number of nitrogens with two attached hydrogens (primary N) is 1. The van der Waals surface area contributed by atoms with E-state index in [0.717, 1.165) is 54.5 Å². The molecule has 2 aliphatic rings. The van der Waals surface area contributed by atoms with Crippen LogP contribution >= 0.6 is 0 Å². The third kappa shape index (κ3) is 7.28. The molecule has 2 aromatic carbocycles. The average molecular weight is 532 g/mol.